The van der Waals surface area contributed by atoms with Gasteiger partial charge in [-0.05, 0) is 12.8 Å². The standard InChI is InChI=1S/C12H20ClN3O3/c1-2-7-19-8-3-4-14-10-9-15-16(5-6-17)12(18)11(10)13/h9,14,17H,2-8H2,1H3. The molecule has 0 unspecified atom stereocenters. The van der Waals surface area contributed by atoms with E-state index in [2.05, 4.69) is 17.3 Å². The molecule has 0 spiro atoms. The molecule has 0 atom stereocenters. The molecule has 6 nitrogen and oxygen atoms in total. The van der Waals surface area contributed by atoms with Crippen LogP contribution in [0.4, 0.5) is 5.69 Å². The van der Waals surface area contributed by atoms with Gasteiger partial charge >= 0.3 is 0 Å². The quantitative estimate of drug-likeness (QED) is 0.666. The highest BCUT2D eigenvalue weighted by Gasteiger charge is 2.08. The van der Waals surface area contributed by atoms with Crippen LogP contribution in [0.1, 0.15) is 19.8 Å². The van der Waals surface area contributed by atoms with E-state index in [0.29, 0.717) is 18.8 Å². The van der Waals surface area contributed by atoms with E-state index in [1.165, 1.54) is 6.20 Å². The summed E-state index contributed by atoms with van der Waals surface area (Å²) in [5.41, 5.74) is 0.110. The Morgan fingerprint density at radius 1 is 1.53 bits per heavy atom. The first-order chi connectivity index (χ1) is 9.20. The molecule has 0 aliphatic heterocycles. The minimum atomic E-state index is -0.400. The minimum absolute atomic E-state index is 0.0953. The molecule has 7 heteroatoms. The number of aromatic nitrogens is 2. The third kappa shape index (κ3) is 5.18. The molecule has 1 heterocycles. The van der Waals surface area contributed by atoms with E-state index in [1.54, 1.807) is 0 Å². The topological polar surface area (TPSA) is 76.4 Å². The predicted molar refractivity (Wildman–Crippen MR) is 74.8 cm³/mol. The van der Waals surface area contributed by atoms with Gasteiger partial charge in [0.1, 0.15) is 5.02 Å². The normalized spacial score (nSPS) is 10.7. The predicted octanol–water partition coefficient (Wildman–Crippen LogP) is 1.12. The Bertz CT molecular complexity index is 437. The summed E-state index contributed by atoms with van der Waals surface area (Å²) >= 11 is 5.95. The number of nitrogens with one attached hydrogen (secondary N) is 1. The van der Waals surface area contributed by atoms with Crippen LogP contribution < -0.4 is 10.9 Å². The van der Waals surface area contributed by atoms with Crippen molar-refractivity contribution in [3.05, 3.63) is 21.6 Å². The van der Waals surface area contributed by atoms with Gasteiger partial charge in [-0.25, -0.2) is 4.68 Å². The van der Waals surface area contributed by atoms with Crippen molar-refractivity contribution in [1.29, 1.82) is 0 Å². The fraction of sp³-hybridized carbons (Fsp3) is 0.667. The Hall–Kier alpha value is -1.11. The van der Waals surface area contributed by atoms with Crippen LogP contribution in [0.2, 0.25) is 5.02 Å². The van der Waals surface area contributed by atoms with Crippen LogP contribution in [0.15, 0.2) is 11.0 Å². The largest absolute Gasteiger partial charge is 0.394 e. The van der Waals surface area contributed by atoms with Gasteiger partial charge in [-0.2, -0.15) is 5.10 Å². The van der Waals surface area contributed by atoms with Crippen molar-refractivity contribution in [2.75, 3.05) is 31.7 Å². The highest BCUT2D eigenvalue weighted by molar-refractivity contribution is 6.32. The number of ether oxygens (including phenoxy) is 1. The fourth-order valence-corrected chi connectivity index (χ4v) is 1.70. The molecule has 0 saturated carbocycles. The van der Waals surface area contributed by atoms with Crippen LogP contribution in [0.3, 0.4) is 0 Å². The molecule has 0 aromatic carbocycles. The summed E-state index contributed by atoms with van der Waals surface area (Å²) in [7, 11) is 0. The van der Waals surface area contributed by atoms with E-state index >= 15 is 0 Å². The van der Waals surface area contributed by atoms with Crippen LogP contribution in [0.25, 0.3) is 0 Å². The lowest BCUT2D eigenvalue weighted by molar-refractivity contribution is 0.134. The van der Waals surface area contributed by atoms with Crippen LogP contribution >= 0.6 is 11.6 Å². The van der Waals surface area contributed by atoms with Gasteiger partial charge in [0.15, 0.2) is 0 Å². The van der Waals surface area contributed by atoms with E-state index < -0.39 is 5.56 Å². The van der Waals surface area contributed by atoms with Crippen molar-refractivity contribution in [1.82, 2.24) is 9.78 Å². The summed E-state index contributed by atoms with van der Waals surface area (Å²) in [6.45, 7) is 4.15. The Morgan fingerprint density at radius 2 is 2.32 bits per heavy atom. The second kappa shape index (κ2) is 8.90. The molecule has 108 valence electrons. The number of nitrogens with zero attached hydrogens (tertiary/aromatic N) is 2. The molecule has 1 aromatic heterocycles. The Labute approximate surface area is 117 Å². The minimum Gasteiger partial charge on any atom is -0.394 e. The third-order valence-corrected chi connectivity index (χ3v) is 2.79. The van der Waals surface area contributed by atoms with Crippen LogP contribution in [0, 0.1) is 0 Å². The highest BCUT2D eigenvalue weighted by Crippen LogP contribution is 2.14. The smallest absolute Gasteiger partial charge is 0.287 e. The zero-order valence-electron chi connectivity index (χ0n) is 11.1. The number of hydrogen-bond donors (Lipinski definition) is 2. The lowest BCUT2D eigenvalue weighted by atomic mass is 10.4. The summed E-state index contributed by atoms with van der Waals surface area (Å²) in [5, 5.41) is 15.8. The summed E-state index contributed by atoms with van der Waals surface area (Å²) in [4.78, 5) is 11.7. The van der Waals surface area contributed by atoms with Gasteiger partial charge in [0.25, 0.3) is 5.56 Å². The van der Waals surface area contributed by atoms with Gasteiger partial charge in [-0.15, -0.1) is 0 Å². The SMILES string of the molecule is CCCOCCCNc1cnn(CCO)c(=O)c1Cl. The van der Waals surface area contributed by atoms with Crippen molar-refractivity contribution < 1.29 is 9.84 Å². The molecule has 0 radical (unpaired) electrons. The van der Waals surface area contributed by atoms with Crippen molar-refractivity contribution in [3.63, 3.8) is 0 Å². The van der Waals surface area contributed by atoms with E-state index in [4.69, 9.17) is 21.4 Å². The van der Waals surface area contributed by atoms with Crippen molar-refractivity contribution in [3.8, 4) is 0 Å². The Balaban J connectivity index is 2.46. The molecule has 0 aliphatic carbocycles. The summed E-state index contributed by atoms with van der Waals surface area (Å²) in [5.74, 6) is 0. The molecule has 0 bridgehead atoms. The maximum Gasteiger partial charge on any atom is 0.287 e. The van der Waals surface area contributed by atoms with Crippen LogP contribution in [0.5, 0.6) is 0 Å². The van der Waals surface area contributed by atoms with Crippen molar-refractivity contribution in [2.45, 2.75) is 26.3 Å². The number of aliphatic hydroxyl groups excluding tert-OH is 1. The summed E-state index contributed by atoms with van der Waals surface area (Å²) < 4.78 is 6.48. The average Bonchev–Trinajstić information content (AvgIpc) is 2.41. The zero-order valence-corrected chi connectivity index (χ0v) is 11.8. The number of halogens is 1. The lowest BCUT2D eigenvalue weighted by Crippen LogP contribution is -2.25. The van der Waals surface area contributed by atoms with E-state index in [-0.39, 0.29) is 18.2 Å². The van der Waals surface area contributed by atoms with Gasteiger partial charge in [0.2, 0.25) is 0 Å². The summed E-state index contributed by atoms with van der Waals surface area (Å²) in [6.07, 6.45) is 3.33. The van der Waals surface area contributed by atoms with E-state index in [0.717, 1.165) is 24.1 Å². The first-order valence-electron chi connectivity index (χ1n) is 6.38. The van der Waals surface area contributed by atoms with Gasteiger partial charge in [0.05, 0.1) is 25.0 Å². The van der Waals surface area contributed by atoms with Crippen molar-refractivity contribution >= 4 is 17.3 Å². The average molecular weight is 290 g/mol. The number of aliphatic hydroxyl groups is 1. The lowest BCUT2D eigenvalue weighted by Gasteiger charge is -2.09. The van der Waals surface area contributed by atoms with E-state index in [9.17, 15) is 4.79 Å². The third-order valence-electron chi connectivity index (χ3n) is 2.43. The molecule has 0 fully saturated rings. The Morgan fingerprint density at radius 3 is 3.00 bits per heavy atom. The molecular weight excluding hydrogens is 270 g/mol. The molecule has 19 heavy (non-hydrogen) atoms. The second-order valence-corrected chi connectivity index (χ2v) is 4.39. The van der Waals surface area contributed by atoms with Crippen LogP contribution in [-0.4, -0.2) is 41.3 Å². The zero-order chi connectivity index (χ0) is 14.1. The summed E-state index contributed by atoms with van der Waals surface area (Å²) in [6, 6.07) is 0. The van der Waals surface area contributed by atoms with Gasteiger partial charge < -0.3 is 15.2 Å². The first-order valence-corrected chi connectivity index (χ1v) is 6.76. The van der Waals surface area contributed by atoms with Gasteiger partial charge in [-0.3, -0.25) is 4.79 Å². The maximum absolute atomic E-state index is 11.7. The number of rotatable bonds is 9. The monoisotopic (exact) mass is 289 g/mol. The maximum atomic E-state index is 11.7. The molecular formula is C12H20ClN3O3. The molecule has 2 N–H and O–H groups in total. The first kappa shape index (κ1) is 15.9. The van der Waals surface area contributed by atoms with Gasteiger partial charge in [0, 0.05) is 19.8 Å². The highest BCUT2D eigenvalue weighted by atomic mass is 35.5. The molecule has 1 rings (SSSR count). The number of anilines is 1. The van der Waals surface area contributed by atoms with E-state index in [1.807, 2.05) is 0 Å². The van der Waals surface area contributed by atoms with Crippen LogP contribution in [-0.2, 0) is 11.3 Å². The molecule has 0 aliphatic rings. The molecule has 0 saturated heterocycles. The second-order valence-electron chi connectivity index (χ2n) is 4.02. The van der Waals surface area contributed by atoms with Gasteiger partial charge in [-0.1, -0.05) is 18.5 Å². The fourth-order valence-electron chi connectivity index (χ4n) is 1.49. The molecule has 1 aromatic rings. The Kier molecular flexibility index (Phi) is 7.47. The molecule has 0 amide bonds. The van der Waals surface area contributed by atoms with Crippen molar-refractivity contribution in [2.24, 2.45) is 0 Å². The number of hydrogen-bond acceptors (Lipinski definition) is 5.